The van der Waals surface area contributed by atoms with Gasteiger partial charge in [0, 0.05) is 11.8 Å². The first-order valence-electron chi connectivity index (χ1n) is 6.16. The minimum absolute atomic E-state index is 0.155. The maximum absolute atomic E-state index is 12.2. The van der Waals surface area contributed by atoms with Gasteiger partial charge < -0.3 is 5.73 Å². The van der Waals surface area contributed by atoms with Gasteiger partial charge in [-0.1, -0.05) is 30.4 Å². The minimum atomic E-state index is -3.52. The molecule has 1 aromatic heterocycles. The van der Waals surface area contributed by atoms with Crippen LogP contribution >= 0.6 is 12.2 Å². The number of thiocarbonyl (C=S) groups is 1. The Morgan fingerprint density at radius 2 is 2.10 bits per heavy atom. The number of anilines is 1. The number of aromatic nitrogens is 1. The molecular weight excluding hydrogens is 306 g/mol. The van der Waals surface area contributed by atoms with Crippen LogP contribution in [0.1, 0.15) is 16.7 Å². The van der Waals surface area contributed by atoms with Crippen LogP contribution in [0.2, 0.25) is 0 Å². The van der Waals surface area contributed by atoms with Crippen molar-refractivity contribution in [1.82, 2.24) is 4.98 Å². The lowest BCUT2D eigenvalue weighted by molar-refractivity contribution is 0.600. The Hall–Kier alpha value is -1.99. The van der Waals surface area contributed by atoms with Gasteiger partial charge >= 0.3 is 0 Å². The fourth-order valence-corrected chi connectivity index (χ4v) is 3.15. The molecule has 2 aromatic rings. The van der Waals surface area contributed by atoms with E-state index in [0.29, 0.717) is 16.8 Å². The molecule has 0 unspecified atom stereocenters. The standard InChI is InChI=1S/C14H15N3O2S2/c1-10-5-13(8-16-7-10)17-21(18,19)9-11-3-2-4-12(6-11)14(15)20/h2-8,17H,9H2,1H3,(H2,15,20). The van der Waals surface area contributed by atoms with E-state index in [1.807, 2.05) is 6.92 Å². The summed E-state index contributed by atoms with van der Waals surface area (Å²) in [5.74, 6) is -0.155. The molecule has 21 heavy (non-hydrogen) atoms. The van der Waals surface area contributed by atoms with Crippen LogP contribution in [0.5, 0.6) is 0 Å². The van der Waals surface area contributed by atoms with Gasteiger partial charge in [0.25, 0.3) is 0 Å². The van der Waals surface area contributed by atoms with Gasteiger partial charge in [0.15, 0.2) is 0 Å². The van der Waals surface area contributed by atoms with Gasteiger partial charge in [0.05, 0.1) is 17.6 Å². The number of pyridine rings is 1. The molecule has 0 fully saturated rings. The van der Waals surface area contributed by atoms with Crippen molar-refractivity contribution in [3.8, 4) is 0 Å². The van der Waals surface area contributed by atoms with Crippen molar-refractivity contribution >= 4 is 32.9 Å². The molecule has 0 aliphatic heterocycles. The van der Waals surface area contributed by atoms with Gasteiger partial charge in [0.1, 0.15) is 4.99 Å². The first-order chi connectivity index (χ1) is 9.85. The van der Waals surface area contributed by atoms with Gasteiger partial charge in [-0.3, -0.25) is 9.71 Å². The van der Waals surface area contributed by atoms with Gasteiger partial charge in [0.2, 0.25) is 10.0 Å². The first-order valence-corrected chi connectivity index (χ1v) is 8.23. The molecule has 1 aromatic carbocycles. The van der Waals surface area contributed by atoms with Crippen LogP contribution in [0, 0.1) is 6.92 Å². The highest BCUT2D eigenvalue weighted by Gasteiger charge is 2.12. The predicted molar refractivity (Wildman–Crippen MR) is 87.5 cm³/mol. The number of nitrogens with one attached hydrogen (secondary N) is 1. The molecule has 0 saturated heterocycles. The number of aryl methyl sites for hydroxylation is 1. The van der Waals surface area contributed by atoms with E-state index in [4.69, 9.17) is 18.0 Å². The van der Waals surface area contributed by atoms with Gasteiger partial charge in [-0.2, -0.15) is 0 Å². The highest BCUT2D eigenvalue weighted by Crippen LogP contribution is 2.14. The molecule has 0 aliphatic rings. The van der Waals surface area contributed by atoms with Crippen LogP contribution in [0.4, 0.5) is 5.69 Å². The molecule has 0 saturated carbocycles. The Balaban J connectivity index is 2.18. The van der Waals surface area contributed by atoms with Crippen molar-refractivity contribution in [3.63, 3.8) is 0 Å². The average Bonchev–Trinajstić information content (AvgIpc) is 2.37. The van der Waals surface area contributed by atoms with Crippen LogP contribution in [0.25, 0.3) is 0 Å². The van der Waals surface area contributed by atoms with Crippen LogP contribution in [0.15, 0.2) is 42.7 Å². The normalized spacial score (nSPS) is 11.1. The summed E-state index contributed by atoms with van der Waals surface area (Å²) in [6.07, 6.45) is 3.12. The molecule has 1 heterocycles. The highest BCUT2D eigenvalue weighted by molar-refractivity contribution is 7.91. The second-order valence-corrected chi connectivity index (χ2v) is 6.84. The number of hydrogen-bond acceptors (Lipinski definition) is 4. The third-order valence-corrected chi connectivity index (χ3v) is 4.21. The van der Waals surface area contributed by atoms with Crippen molar-refractivity contribution in [3.05, 3.63) is 59.4 Å². The fourth-order valence-electron chi connectivity index (χ4n) is 1.86. The summed E-state index contributed by atoms with van der Waals surface area (Å²) < 4.78 is 26.8. The molecule has 0 spiro atoms. The molecule has 2 rings (SSSR count). The van der Waals surface area contributed by atoms with E-state index in [0.717, 1.165) is 5.56 Å². The largest absolute Gasteiger partial charge is 0.389 e. The summed E-state index contributed by atoms with van der Waals surface area (Å²) in [6.45, 7) is 1.84. The Morgan fingerprint density at radius 1 is 1.33 bits per heavy atom. The van der Waals surface area contributed by atoms with Crippen molar-refractivity contribution < 1.29 is 8.42 Å². The lowest BCUT2D eigenvalue weighted by Crippen LogP contribution is -2.16. The Kier molecular flexibility index (Phi) is 4.54. The van der Waals surface area contributed by atoms with Crippen molar-refractivity contribution in [1.29, 1.82) is 0 Å². The molecule has 0 bridgehead atoms. The molecule has 3 N–H and O–H groups in total. The molecule has 0 aliphatic carbocycles. The average molecular weight is 321 g/mol. The van der Waals surface area contributed by atoms with Gasteiger partial charge in [-0.15, -0.1) is 0 Å². The topological polar surface area (TPSA) is 85.1 Å². The second kappa shape index (κ2) is 6.19. The molecule has 0 amide bonds. The lowest BCUT2D eigenvalue weighted by atomic mass is 10.1. The molecular formula is C14H15N3O2S2. The van der Waals surface area contributed by atoms with Crippen molar-refractivity contribution in [2.24, 2.45) is 5.73 Å². The number of hydrogen-bond donors (Lipinski definition) is 2. The smallest absolute Gasteiger partial charge is 0.236 e. The number of rotatable bonds is 5. The summed E-state index contributed by atoms with van der Waals surface area (Å²) in [7, 11) is -3.52. The zero-order valence-electron chi connectivity index (χ0n) is 11.4. The third kappa shape index (κ3) is 4.51. The summed E-state index contributed by atoms with van der Waals surface area (Å²) in [6, 6.07) is 8.59. The van der Waals surface area contributed by atoms with E-state index >= 15 is 0 Å². The molecule has 5 nitrogen and oxygen atoms in total. The van der Waals surface area contributed by atoms with Crippen LogP contribution in [0.3, 0.4) is 0 Å². The number of benzene rings is 1. The van der Waals surface area contributed by atoms with Crippen molar-refractivity contribution in [2.75, 3.05) is 4.72 Å². The summed E-state index contributed by atoms with van der Waals surface area (Å²) in [5, 5.41) is 0. The van der Waals surface area contributed by atoms with Crippen LogP contribution < -0.4 is 10.5 Å². The van der Waals surface area contributed by atoms with E-state index in [1.165, 1.54) is 6.20 Å². The zero-order valence-corrected chi connectivity index (χ0v) is 13.0. The van der Waals surface area contributed by atoms with Gasteiger partial charge in [-0.25, -0.2) is 8.42 Å². The maximum atomic E-state index is 12.2. The molecule has 110 valence electrons. The minimum Gasteiger partial charge on any atom is -0.389 e. The quantitative estimate of drug-likeness (QED) is 0.822. The summed E-state index contributed by atoms with van der Waals surface area (Å²) >= 11 is 4.89. The van der Waals surface area contributed by atoms with Crippen molar-refractivity contribution in [2.45, 2.75) is 12.7 Å². The Labute approximate surface area is 129 Å². The van der Waals surface area contributed by atoms with Gasteiger partial charge in [-0.05, 0) is 30.2 Å². The lowest BCUT2D eigenvalue weighted by Gasteiger charge is -2.09. The van der Waals surface area contributed by atoms with E-state index in [2.05, 4.69) is 9.71 Å². The fraction of sp³-hybridized carbons (Fsp3) is 0.143. The maximum Gasteiger partial charge on any atom is 0.236 e. The monoisotopic (exact) mass is 321 g/mol. The van der Waals surface area contributed by atoms with E-state index in [9.17, 15) is 8.42 Å². The Bertz CT molecular complexity index is 773. The number of nitrogens with zero attached hydrogens (tertiary/aromatic N) is 1. The van der Waals surface area contributed by atoms with E-state index < -0.39 is 10.0 Å². The zero-order chi connectivity index (χ0) is 15.5. The van der Waals surface area contributed by atoms with Crippen LogP contribution in [-0.4, -0.2) is 18.4 Å². The molecule has 0 atom stereocenters. The number of nitrogens with two attached hydrogens (primary N) is 1. The number of sulfonamides is 1. The van der Waals surface area contributed by atoms with Crippen LogP contribution in [-0.2, 0) is 15.8 Å². The summed E-state index contributed by atoms with van der Waals surface area (Å²) in [5.41, 5.74) is 8.14. The predicted octanol–water partition coefficient (Wildman–Crippen LogP) is 1.97. The van der Waals surface area contributed by atoms with E-state index in [-0.39, 0.29) is 10.7 Å². The third-order valence-electron chi connectivity index (χ3n) is 2.72. The highest BCUT2D eigenvalue weighted by atomic mass is 32.2. The Morgan fingerprint density at radius 3 is 2.76 bits per heavy atom. The first kappa shape index (κ1) is 15.4. The molecule has 0 radical (unpaired) electrons. The summed E-state index contributed by atoms with van der Waals surface area (Å²) in [4.78, 5) is 4.19. The second-order valence-electron chi connectivity index (χ2n) is 4.68. The van der Waals surface area contributed by atoms with E-state index in [1.54, 1.807) is 36.5 Å². The molecule has 7 heteroatoms. The SMILES string of the molecule is Cc1cncc(NS(=O)(=O)Cc2cccc(C(N)=S)c2)c1.